The van der Waals surface area contributed by atoms with Crippen molar-refractivity contribution in [2.75, 3.05) is 13.1 Å². The fourth-order valence-corrected chi connectivity index (χ4v) is 3.23. The van der Waals surface area contributed by atoms with Crippen LogP contribution in [0.25, 0.3) is 11.5 Å². The van der Waals surface area contributed by atoms with Crippen LogP contribution in [0.3, 0.4) is 0 Å². The Morgan fingerprint density at radius 2 is 2.09 bits per heavy atom. The molecule has 1 unspecified atom stereocenters. The van der Waals surface area contributed by atoms with E-state index in [2.05, 4.69) is 9.88 Å². The van der Waals surface area contributed by atoms with Gasteiger partial charge in [-0.2, -0.15) is 0 Å². The number of hydrogen-bond acceptors (Lipinski definition) is 4. The smallest absolute Gasteiger partial charge is 0.226 e. The molecule has 0 spiro atoms. The van der Waals surface area contributed by atoms with Crippen molar-refractivity contribution in [2.45, 2.75) is 38.3 Å². The molecule has 1 aromatic heterocycles. The number of benzene rings is 1. The van der Waals surface area contributed by atoms with E-state index in [-0.39, 0.29) is 0 Å². The Balaban J connectivity index is 1.69. The molecule has 1 fully saturated rings. The van der Waals surface area contributed by atoms with Gasteiger partial charge in [-0.05, 0) is 56.6 Å². The van der Waals surface area contributed by atoms with Crippen LogP contribution in [0.5, 0.6) is 0 Å². The number of aromatic nitrogens is 1. The molecule has 118 valence electrons. The molecule has 1 atom stereocenters. The summed E-state index contributed by atoms with van der Waals surface area (Å²) in [6.45, 7) is 2.70. The second-order valence-electron chi connectivity index (χ2n) is 5.85. The number of piperidine rings is 1. The first kappa shape index (κ1) is 15.5. The summed E-state index contributed by atoms with van der Waals surface area (Å²) in [4.78, 5) is 7.10. The maximum atomic E-state index is 5.91. The van der Waals surface area contributed by atoms with Gasteiger partial charge in [0, 0.05) is 23.2 Å². The Hall–Kier alpha value is -1.36. The fourth-order valence-electron chi connectivity index (χ4n) is 3.10. The van der Waals surface area contributed by atoms with Crippen LogP contribution in [0.15, 0.2) is 34.9 Å². The summed E-state index contributed by atoms with van der Waals surface area (Å²) in [6, 6.07) is 8.13. The molecule has 2 N–H and O–H groups in total. The van der Waals surface area contributed by atoms with Crippen LogP contribution in [-0.4, -0.2) is 29.0 Å². The van der Waals surface area contributed by atoms with Crippen molar-refractivity contribution in [3.05, 3.63) is 41.2 Å². The highest BCUT2D eigenvalue weighted by molar-refractivity contribution is 6.30. The van der Waals surface area contributed by atoms with E-state index in [4.69, 9.17) is 21.8 Å². The number of rotatable bonds is 5. The van der Waals surface area contributed by atoms with Gasteiger partial charge in [0.15, 0.2) is 0 Å². The van der Waals surface area contributed by atoms with Crippen molar-refractivity contribution in [2.24, 2.45) is 5.73 Å². The first-order valence-electron chi connectivity index (χ1n) is 7.91. The second kappa shape index (κ2) is 7.27. The molecule has 1 aliphatic heterocycles. The van der Waals surface area contributed by atoms with E-state index in [0.717, 1.165) is 37.3 Å². The Morgan fingerprint density at radius 1 is 1.27 bits per heavy atom. The van der Waals surface area contributed by atoms with Gasteiger partial charge in [-0.3, -0.25) is 4.90 Å². The predicted octanol–water partition coefficient (Wildman–Crippen LogP) is 3.70. The summed E-state index contributed by atoms with van der Waals surface area (Å²) in [5.74, 6) is 0.652. The van der Waals surface area contributed by atoms with E-state index in [9.17, 15) is 0 Å². The summed E-state index contributed by atoms with van der Waals surface area (Å²) in [6.07, 6.45) is 6.61. The highest BCUT2D eigenvalue weighted by Gasteiger charge is 2.22. The lowest BCUT2D eigenvalue weighted by Crippen LogP contribution is -2.40. The quantitative estimate of drug-likeness (QED) is 0.913. The van der Waals surface area contributed by atoms with E-state index in [1.165, 1.54) is 19.3 Å². The molecular weight excluding hydrogens is 298 g/mol. The van der Waals surface area contributed by atoms with Crippen LogP contribution in [0.2, 0.25) is 5.02 Å². The lowest BCUT2D eigenvalue weighted by molar-refractivity contribution is 0.132. The third-order valence-electron chi connectivity index (χ3n) is 4.26. The largest absolute Gasteiger partial charge is 0.444 e. The van der Waals surface area contributed by atoms with E-state index in [1.54, 1.807) is 6.26 Å². The fraction of sp³-hybridized carbons (Fsp3) is 0.471. The first-order valence-corrected chi connectivity index (χ1v) is 8.28. The van der Waals surface area contributed by atoms with E-state index in [0.29, 0.717) is 17.0 Å². The predicted molar refractivity (Wildman–Crippen MR) is 88.7 cm³/mol. The third kappa shape index (κ3) is 3.69. The molecule has 3 rings (SSSR count). The highest BCUT2D eigenvalue weighted by Crippen LogP contribution is 2.24. The maximum absolute atomic E-state index is 5.91. The monoisotopic (exact) mass is 319 g/mol. The zero-order valence-electron chi connectivity index (χ0n) is 12.7. The van der Waals surface area contributed by atoms with Gasteiger partial charge in [0.1, 0.15) is 6.26 Å². The maximum Gasteiger partial charge on any atom is 0.226 e. The molecule has 0 aliphatic carbocycles. The minimum atomic E-state index is 0.578. The van der Waals surface area contributed by atoms with Crippen molar-refractivity contribution in [3.63, 3.8) is 0 Å². The molecule has 2 aromatic rings. The molecule has 0 amide bonds. The molecule has 4 nitrogen and oxygen atoms in total. The minimum absolute atomic E-state index is 0.578. The first-order chi connectivity index (χ1) is 10.8. The van der Waals surface area contributed by atoms with Crippen molar-refractivity contribution < 1.29 is 4.42 Å². The van der Waals surface area contributed by atoms with Crippen LogP contribution in [-0.2, 0) is 6.54 Å². The molecule has 5 heteroatoms. The Morgan fingerprint density at radius 3 is 2.86 bits per heavy atom. The van der Waals surface area contributed by atoms with Crippen LogP contribution >= 0.6 is 11.6 Å². The molecule has 2 heterocycles. The molecule has 0 bridgehead atoms. The SMILES string of the molecule is NCCC1CCCCN1Cc1coc(-c2ccc(Cl)cc2)n1. The van der Waals surface area contributed by atoms with Gasteiger partial charge >= 0.3 is 0 Å². The number of hydrogen-bond donors (Lipinski definition) is 1. The molecule has 0 saturated carbocycles. The van der Waals surface area contributed by atoms with Gasteiger partial charge in [0.2, 0.25) is 5.89 Å². The molecule has 1 saturated heterocycles. The summed E-state index contributed by atoms with van der Waals surface area (Å²) in [5, 5.41) is 0.716. The van der Waals surface area contributed by atoms with E-state index in [1.807, 2.05) is 24.3 Å². The summed E-state index contributed by atoms with van der Waals surface area (Å²) >= 11 is 5.91. The van der Waals surface area contributed by atoms with Crippen molar-refractivity contribution >= 4 is 11.6 Å². The van der Waals surface area contributed by atoms with E-state index >= 15 is 0 Å². The zero-order valence-corrected chi connectivity index (χ0v) is 13.4. The Kier molecular flexibility index (Phi) is 5.13. The van der Waals surface area contributed by atoms with Gasteiger partial charge in [-0.1, -0.05) is 18.0 Å². The van der Waals surface area contributed by atoms with Crippen molar-refractivity contribution in [1.29, 1.82) is 0 Å². The van der Waals surface area contributed by atoms with Gasteiger partial charge in [0.25, 0.3) is 0 Å². The van der Waals surface area contributed by atoms with Gasteiger partial charge < -0.3 is 10.2 Å². The average Bonchev–Trinajstić information content (AvgIpc) is 2.99. The number of likely N-dealkylation sites (tertiary alicyclic amines) is 1. The summed E-state index contributed by atoms with van der Waals surface area (Å²) in [5.41, 5.74) is 7.67. The summed E-state index contributed by atoms with van der Waals surface area (Å²) < 4.78 is 5.62. The second-order valence-corrected chi connectivity index (χ2v) is 6.28. The van der Waals surface area contributed by atoms with Crippen LogP contribution in [0, 0.1) is 0 Å². The van der Waals surface area contributed by atoms with Crippen LogP contribution in [0.4, 0.5) is 0 Å². The molecule has 0 radical (unpaired) electrons. The zero-order chi connectivity index (χ0) is 15.4. The summed E-state index contributed by atoms with van der Waals surface area (Å²) in [7, 11) is 0. The number of nitrogens with two attached hydrogens (primary N) is 1. The molecule has 1 aromatic carbocycles. The van der Waals surface area contributed by atoms with Crippen molar-refractivity contribution in [3.8, 4) is 11.5 Å². The van der Waals surface area contributed by atoms with Crippen molar-refractivity contribution in [1.82, 2.24) is 9.88 Å². The molecule has 22 heavy (non-hydrogen) atoms. The van der Waals surface area contributed by atoms with Gasteiger partial charge in [0.05, 0.1) is 5.69 Å². The Bertz CT molecular complexity index is 594. The number of nitrogens with zero attached hydrogens (tertiary/aromatic N) is 2. The lowest BCUT2D eigenvalue weighted by atomic mass is 9.99. The van der Waals surface area contributed by atoms with E-state index < -0.39 is 0 Å². The van der Waals surface area contributed by atoms with Gasteiger partial charge in [-0.15, -0.1) is 0 Å². The number of halogens is 1. The standard InChI is InChI=1S/C17H22ClN3O/c18-14-6-4-13(5-7-14)17-20-15(12-22-17)11-21-10-2-1-3-16(21)8-9-19/h4-7,12,16H,1-3,8-11,19H2. The van der Waals surface area contributed by atoms with Crippen LogP contribution in [0.1, 0.15) is 31.4 Å². The van der Waals surface area contributed by atoms with Gasteiger partial charge in [-0.25, -0.2) is 4.98 Å². The average molecular weight is 320 g/mol. The normalized spacial score (nSPS) is 19.5. The Labute approximate surface area is 136 Å². The third-order valence-corrected chi connectivity index (χ3v) is 4.51. The highest BCUT2D eigenvalue weighted by atomic mass is 35.5. The van der Waals surface area contributed by atoms with Crippen LogP contribution < -0.4 is 5.73 Å². The molecular formula is C17H22ClN3O. The molecule has 1 aliphatic rings. The number of oxazole rings is 1. The topological polar surface area (TPSA) is 55.3 Å². The lowest BCUT2D eigenvalue weighted by Gasteiger charge is -2.35. The minimum Gasteiger partial charge on any atom is -0.444 e.